The lowest BCUT2D eigenvalue weighted by molar-refractivity contribution is -0.121. The molecular weight excluding hydrogens is 340 g/mol. The summed E-state index contributed by atoms with van der Waals surface area (Å²) in [5.41, 5.74) is 5.42. The molecule has 2 aromatic rings. The number of carbonyl (C=O) groups excluding carboxylic acids is 1. The minimum absolute atomic E-state index is 0.0455. The van der Waals surface area contributed by atoms with Gasteiger partial charge in [0.25, 0.3) is 11.5 Å². The summed E-state index contributed by atoms with van der Waals surface area (Å²) in [6, 6.07) is 5.48. The average Bonchev–Trinajstić information content (AvgIpc) is 2.96. The number of hydrogen-bond acceptors (Lipinski definition) is 4. The van der Waals surface area contributed by atoms with Gasteiger partial charge in [0.2, 0.25) is 0 Å². The lowest BCUT2D eigenvalue weighted by atomic mass is 9.70. The van der Waals surface area contributed by atoms with Gasteiger partial charge in [-0.2, -0.15) is 5.10 Å². The molecule has 2 aliphatic carbocycles. The Bertz CT molecular complexity index is 1020. The van der Waals surface area contributed by atoms with Crippen LogP contribution in [-0.4, -0.2) is 21.2 Å². The van der Waals surface area contributed by atoms with Crippen LogP contribution in [0, 0.1) is 23.7 Å². The second kappa shape index (κ2) is 6.01. The van der Waals surface area contributed by atoms with Crippen molar-refractivity contribution in [3.05, 3.63) is 40.4 Å². The number of aryl methyl sites for hydroxylation is 1. The number of hydrazone groups is 1. The number of benzene rings is 1. The highest BCUT2D eigenvalue weighted by Crippen LogP contribution is 2.63. The highest BCUT2D eigenvalue weighted by molar-refractivity contribution is 5.95. The van der Waals surface area contributed by atoms with Crippen LogP contribution >= 0.6 is 0 Å². The van der Waals surface area contributed by atoms with Crippen LogP contribution in [0.25, 0.3) is 10.9 Å². The molecule has 2 aliphatic rings. The predicted molar refractivity (Wildman–Crippen MR) is 106 cm³/mol. The molecule has 1 N–H and O–H groups in total. The Morgan fingerprint density at radius 2 is 2.15 bits per heavy atom. The predicted octanol–water partition coefficient (Wildman–Crippen LogP) is 3.02. The van der Waals surface area contributed by atoms with Gasteiger partial charge in [0.1, 0.15) is 6.54 Å². The van der Waals surface area contributed by atoms with Gasteiger partial charge in [0.05, 0.1) is 17.2 Å². The molecule has 1 aromatic carbocycles. The van der Waals surface area contributed by atoms with Crippen LogP contribution in [0.15, 0.2) is 34.4 Å². The van der Waals surface area contributed by atoms with Crippen LogP contribution in [0.2, 0.25) is 0 Å². The third-order valence-corrected chi connectivity index (χ3v) is 7.20. The van der Waals surface area contributed by atoms with E-state index in [0.717, 1.165) is 24.1 Å². The average molecular weight is 366 g/mol. The van der Waals surface area contributed by atoms with Crippen LogP contribution in [0.5, 0.6) is 0 Å². The molecule has 2 unspecified atom stereocenters. The molecule has 2 fully saturated rings. The highest BCUT2D eigenvalue weighted by Gasteiger charge is 2.60. The first-order chi connectivity index (χ1) is 12.7. The Labute approximate surface area is 158 Å². The minimum Gasteiger partial charge on any atom is -0.289 e. The number of rotatable bonds is 3. The molecule has 0 aliphatic heterocycles. The van der Waals surface area contributed by atoms with Crippen molar-refractivity contribution in [2.24, 2.45) is 21.8 Å². The topological polar surface area (TPSA) is 76.3 Å². The third kappa shape index (κ3) is 2.61. The van der Waals surface area contributed by atoms with Gasteiger partial charge in [-0.25, -0.2) is 10.4 Å². The summed E-state index contributed by atoms with van der Waals surface area (Å²) < 4.78 is 1.34. The summed E-state index contributed by atoms with van der Waals surface area (Å²) >= 11 is 0. The lowest BCUT2D eigenvalue weighted by Crippen LogP contribution is -2.35. The van der Waals surface area contributed by atoms with Crippen molar-refractivity contribution in [1.29, 1.82) is 0 Å². The number of carbonyl (C=O) groups is 1. The van der Waals surface area contributed by atoms with Gasteiger partial charge in [0.15, 0.2) is 0 Å². The second-order valence-corrected chi connectivity index (χ2v) is 8.74. The van der Waals surface area contributed by atoms with E-state index in [0.29, 0.717) is 16.8 Å². The summed E-state index contributed by atoms with van der Waals surface area (Å²) in [6.07, 6.45) is 4.73. The first-order valence-corrected chi connectivity index (χ1v) is 9.55. The Hall–Kier alpha value is -2.50. The standard InChI is InChI=1S/C21H26N4O2/c1-13-6-5-7-15-18(13)22-12-25(19(15)27)11-17(26)24-23-16-10-14-8-9-21(16,4)20(14,2)3/h5-7,12,14H,8-11H2,1-4H3,(H,24,26). The number of hydrogen-bond donors (Lipinski definition) is 1. The SMILES string of the molecule is Cc1cccc2c(=O)n(CC(=O)NN=C3CC4CCC3(C)C4(C)C)cnc12. The van der Waals surface area contributed by atoms with E-state index in [1.165, 1.54) is 17.3 Å². The molecule has 2 saturated carbocycles. The fraction of sp³-hybridized carbons (Fsp3) is 0.524. The Morgan fingerprint density at radius 3 is 2.81 bits per heavy atom. The van der Waals surface area contributed by atoms with Gasteiger partial charge in [-0.3, -0.25) is 14.2 Å². The van der Waals surface area contributed by atoms with E-state index in [4.69, 9.17) is 0 Å². The van der Waals surface area contributed by atoms with Gasteiger partial charge in [0, 0.05) is 11.1 Å². The fourth-order valence-electron chi connectivity index (χ4n) is 4.87. The van der Waals surface area contributed by atoms with Crippen LogP contribution in [0.1, 0.15) is 45.6 Å². The number of amides is 1. The first kappa shape index (κ1) is 17.9. The highest BCUT2D eigenvalue weighted by atomic mass is 16.2. The molecule has 0 saturated heterocycles. The van der Waals surface area contributed by atoms with Crippen molar-refractivity contribution in [2.75, 3.05) is 0 Å². The summed E-state index contributed by atoms with van der Waals surface area (Å²) in [7, 11) is 0. The first-order valence-electron chi connectivity index (χ1n) is 9.55. The van der Waals surface area contributed by atoms with E-state index in [1.54, 1.807) is 6.07 Å². The largest absolute Gasteiger partial charge is 0.289 e. The summed E-state index contributed by atoms with van der Waals surface area (Å²) in [5.74, 6) is 0.330. The molecule has 1 amide bonds. The quantitative estimate of drug-likeness (QED) is 0.849. The van der Waals surface area contributed by atoms with Crippen molar-refractivity contribution >= 4 is 22.5 Å². The van der Waals surface area contributed by atoms with Crippen molar-refractivity contribution in [3.63, 3.8) is 0 Å². The number of nitrogens with one attached hydrogen (secondary N) is 1. The monoisotopic (exact) mass is 366 g/mol. The van der Waals surface area contributed by atoms with Crippen LogP contribution in [0.3, 0.4) is 0 Å². The number of nitrogens with zero attached hydrogens (tertiary/aromatic N) is 3. The van der Waals surface area contributed by atoms with Crippen molar-refractivity contribution in [1.82, 2.24) is 15.0 Å². The van der Waals surface area contributed by atoms with E-state index in [2.05, 4.69) is 36.3 Å². The molecule has 142 valence electrons. The maximum absolute atomic E-state index is 12.6. The molecule has 0 radical (unpaired) electrons. The number of aromatic nitrogens is 2. The van der Waals surface area contributed by atoms with E-state index in [9.17, 15) is 9.59 Å². The molecule has 1 heterocycles. The maximum atomic E-state index is 12.6. The Morgan fingerprint density at radius 1 is 1.37 bits per heavy atom. The summed E-state index contributed by atoms with van der Waals surface area (Å²) in [6.45, 7) is 8.69. The van der Waals surface area contributed by atoms with Crippen molar-refractivity contribution < 1.29 is 4.79 Å². The Kier molecular flexibility index (Phi) is 3.98. The van der Waals surface area contributed by atoms with Crippen LogP contribution in [0.4, 0.5) is 0 Å². The summed E-state index contributed by atoms with van der Waals surface area (Å²) in [4.78, 5) is 29.4. The lowest BCUT2D eigenvalue weighted by Gasteiger charge is -2.34. The fourth-order valence-corrected chi connectivity index (χ4v) is 4.87. The third-order valence-electron chi connectivity index (χ3n) is 7.20. The smallest absolute Gasteiger partial charge is 0.261 e. The molecule has 2 bridgehead atoms. The Balaban J connectivity index is 1.52. The zero-order chi connectivity index (χ0) is 19.4. The van der Waals surface area contributed by atoms with Crippen LogP contribution in [-0.2, 0) is 11.3 Å². The molecule has 6 heteroatoms. The maximum Gasteiger partial charge on any atom is 0.261 e. The van der Waals surface area contributed by atoms with Crippen molar-refractivity contribution in [3.8, 4) is 0 Å². The van der Waals surface area contributed by atoms with E-state index >= 15 is 0 Å². The number of para-hydroxylation sites is 1. The molecule has 6 nitrogen and oxygen atoms in total. The normalized spacial score (nSPS) is 27.4. The van der Waals surface area contributed by atoms with E-state index in [-0.39, 0.29) is 28.8 Å². The zero-order valence-electron chi connectivity index (χ0n) is 16.4. The van der Waals surface area contributed by atoms with Gasteiger partial charge in [-0.05, 0) is 49.1 Å². The second-order valence-electron chi connectivity index (χ2n) is 8.74. The number of fused-ring (bicyclic) bond motifs is 3. The molecule has 0 spiro atoms. The van der Waals surface area contributed by atoms with Gasteiger partial charge in [-0.15, -0.1) is 0 Å². The minimum atomic E-state index is -0.303. The van der Waals surface area contributed by atoms with Crippen LogP contribution < -0.4 is 11.0 Å². The molecule has 4 rings (SSSR count). The van der Waals surface area contributed by atoms with Crippen molar-refractivity contribution in [2.45, 2.75) is 53.5 Å². The molecule has 2 atom stereocenters. The summed E-state index contributed by atoms with van der Waals surface area (Å²) in [5, 5.41) is 4.98. The molecule has 27 heavy (non-hydrogen) atoms. The molecule has 1 aromatic heterocycles. The van der Waals surface area contributed by atoms with Gasteiger partial charge < -0.3 is 0 Å². The van der Waals surface area contributed by atoms with Gasteiger partial charge >= 0.3 is 0 Å². The zero-order valence-corrected chi connectivity index (χ0v) is 16.4. The van der Waals surface area contributed by atoms with E-state index in [1.807, 2.05) is 19.1 Å². The molecular formula is C21H26N4O2. The van der Waals surface area contributed by atoms with Gasteiger partial charge in [-0.1, -0.05) is 32.9 Å². The van der Waals surface area contributed by atoms with E-state index < -0.39 is 0 Å².